The molecule has 6 N–H and O–H groups in total. The summed E-state index contributed by atoms with van der Waals surface area (Å²) in [6.07, 6.45) is 1.43. The molecule has 210 valence electrons. The van der Waals surface area contributed by atoms with Crippen LogP contribution in [0.4, 0.5) is 5.69 Å². The van der Waals surface area contributed by atoms with Gasteiger partial charge in [-0.1, -0.05) is 19.1 Å². The van der Waals surface area contributed by atoms with Crippen LogP contribution in [0.5, 0.6) is 5.75 Å². The SMILES string of the molecule is CCCNC(=O)c1ccc(-c2cc3c(cc2C(=O)Nc2ccc(CN)cc2)-c2sccc2CCO3)c(C(=O)NO)n1. The van der Waals surface area contributed by atoms with E-state index in [1.165, 1.54) is 6.07 Å². The molecular weight excluding hydrogens is 542 g/mol. The number of hydroxylamine groups is 1. The van der Waals surface area contributed by atoms with Gasteiger partial charge in [0.2, 0.25) is 0 Å². The normalized spacial score (nSPS) is 11.9. The van der Waals surface area contributed by atoms with Gasteiger partial charge in [-0.2, -0.15) is 0 Å². The van der Waals surface area contributed by atoms with Gasteiger partial charge < -0.3 is 21.1 Å². The molecular formula is C30H29N5O5S. The van der Waals surface area contributed by atoms with E-state index in [2.05, 4.69) is 15.6 Å². The molecule has 0 unspecified atom stereocenters. The minimum Gasteiger partial charge on any atom is -0.493 e. The van der Waals surface area contributed by atoms with Crippen molar-refractivity contribution in [3.05, 3.63) is 88.1 Å². The fourth-order valence-corrected chi connectivity index (χ4v) is 5.58. The zero-order chi connectivity index (χ0) is 28.9. The first kappa shape index (κ1) is 28.0. The van der Waals surface area contributed by atoms with E-state index in [1.54, 1.807) is 47.1 Å². The number of amides is 3. The molecule has 0 saturated heterocycles. The minimum absolute atomic E-state index is 0.000956. The van der Waals surface area contributed by atoms with E-state index in [-0.39, 0.29) is 22.5 Å². The van der Waals surface area contributed by atoms with Crippen molar-refractivity contribution in [2.24, 2.45) is 5.73 Å². The molecule has 0 fully saturated rings. The van der Waals surface area contributed by atoms with Crippen LogP contribution in [0.1, 0.15) is 55.8 Å². The smallest absolute Gasteiger partial charge is 0.293 e. The standard InChI is InChI=1S/C30H29N5O5S/c1-2-11-32-29(37)24-8-7-20(26(34-24)30(38)35-39)21-15-25-23(27-18(9-12-40-25)10-13-41-27)14-22(21)28(36)33-19-5-3-17(16-31)4-6-19/h3-8,10,13-15,39H,2,9,11-12,16,31H2,1H3,(H,32,37)(H,33,36)(H,35,38). The summed E-state index contributed by atoms with van der Waals surface area (Å²) in [6.45, 7) is 3.17. The molecule has 0 atom stereocenters. The highest BCUT2D eigenvalue weighted by molar-refractivity contribution is 7.13. The molecule has 5 rings (SSSR count). The Kier molecular flexibility index (Phi) is 8.39. The number of nitrogens with zero attached hydrogens (tertiary/aromatic N) is 1. The predicted octanol–water partition coefficient (Wildman–Crippen LogP) is 4.38. The highest BCUT2D eigenvalue weighted by Gasteiger charge is 2.26. The molecule has 10 nitrogen and oxygen atoms in total. The maximum absolute atomic E-state index is 13.8. The Morgan fingerprint density at radius 3 is 2.54 bits per heavy atom. The van der Waals surface area contributed by atoms with E-state index in [0.29, 0.717) is 43.1 Å². The van der Waals surface area contributed by atoms with Crippen LogP contribution in [-0.4, -0.2) is 41.1 Å². The van der Waals surface area contributed by atoms with Gasteiger partial charge in [0.15, 0.2) is 0 Å². The number of pyridine rings is 1. The molecule has 1 aliphatic heterocycles. The fourth-order valence-electron chi connectivity index (χ4n) is 4.61. The lowest BCUT2D eigenvalue weighted by atomic mass is 9.93. The average molecular weight is 572 g/mol. The first-order valence-corrected chi connectivity index (χ1v) is 14.0. The number of benzene rings is 2. The van der Waals surface area contributed by atoms with Gasteiger partial charge in [-0.25, -0.2) is 10.5 Å². The Bertz CT molecular complexity index is 1620. The van der Waals surface area contributed by atoms with Crippen LogP contribution >= 0.6 is 11.3 Å². The highest BCUT2D eigenvalue weighted by atomic mass is 32.1. The monoisotopic (exact) mass is 571 g/mol. The second-order valence-electron chi connectivity index (χ2n) is 9.41. The van der Waals surface area contributed by atoms with Gasteiger partial charge in [0, 0.05) is 52.3 Å². The number of hydrogen-bond donors (Lipinski definition) is 5. The van der Waals surface area contributed by atoms with Gasteiger partial charge in [0.05, 0.1) is 6.61 Å². The molecule has 2 aromatic carbocycles. The van der Waals surface area contributed by atoms with E-state index in [1.807, 2.05) is 30.5 Å². The van der Waals surface area contributed by atoms with Crippen molar-refractivity contribution in [3.8, 4) is 27.3 Å². The van der Waals surface area contributed by atoms with Crippen LogP contribution in [0, 0.1) is 0 Å². The molecule has 0 aliphatic carbocycles. The molecule has 1 aliphatic rings. The third-order valence-electron chi connectivity index (χ3n) is 6.70. The van der Waals surface area contributed by atoms with Gasteiger partial charge in [0.25, 0.3) is 17.7 Å². The van der Waals surface area contributed by atoms with Gasteiger partial charge in [-0.15, -0.1) is 11.3 Å². The average Bonchev–Trinajstić information content (AvgIpc) is 3.40. The summed E-state index contributed by atoms with van der Waals surface area (Å²) in [5.41, 5.74) is 11.3. The van der Waals surface area contributed by atoms with Gasteiger partial charge >= 0.3 is 0 Å². The number of aromatic nitrogens is 1. The largest absolute Gasteiger partial charge is 0.493 e. The molecule has 2 aromatic heterocycles. The number of hydrogen-bond acceptors (Lipinski definition) is 8. The third-order valence-corrected chi connectivity index (χ3v) is 7.69. The quantitative estimate of drug-likeness (QED) is 0.155. The molecule has 41 heavy (non-hydrogen) atoms. The number of nitrogens with two attached hydrogens (primary N) is 1. The number of anilines is 1. The number of nitrogens with one attached hydrogen (secondary N) is 3. The molecule has 0 spiro atoms. The summed E-state index contributed by atoms with van der Waals surface area (Å²) >= 11 is 1.56. The minimum atomic E-state index is -0.926. The van der Waals surface area contributed by atoms with Crippen LogP contribution in [0.15, 0.2) is 60.0 Å². The second kappa shape index (κ2) is 12.3. The van der Waals surface area contributed by atoms with Crippen molar-refractivity contribution in [3.63, 3.8) is 0 Å². The van der Waals surface area contributed by atoms with E-state index >= 15 is 0 Å². The zero-order valence-electron chi connectivity index (χ0n) is 22.3. The van der Waals surface area contributed by atoms with Crippen LogP contribution in [-0.2, 0) is 13.0 Å². The number of thiophene rings is 1. The van der Waals surface area contributed by atoms with Crippen molar-refractivity contribution in [1.82, 2.24) is 15.8 Å². The Morgan fingerprint density at radius 2 is 1.80 bits per heavy atom. The Labute approximate surface area is 240 Å². The maximum atomic E-state index is 13.8. The van der Waals surface area contributed by atoms with Crippen molar-refractivity contribution >= 4 is 34.7 Å². The first-order valence-electron chi connectivity index (χ1n) is 13.2. The van der Waals surface area contributed by atoms with Crippen molar-refractivity contribution in [1.29, 1.82) is 0 Å². The molecule has 0 saturated carbocycles. The summed E-state index contributed by atoms with van der Waals surface area (Å²) in [5, 5.41) is 17.2. The molecule has 3 amide bonds. The van der Waals surface area contributed by atoms with Gasteiger partial charge in [-0.3, -0.25) is 19.6 Å². The molecule has 0 bridgehead atoms. The topological polar surface area (TPSA) is 156 Å². The lowest BCUT2D eigenvalue weighted by molar-refractivity contribution is 0.0701. The lowest BCUT2D eigenvalue weighted by Crippen LogP contribution is -2.27. The molecule has 3 heterocycles. The number of ether oxygens (including phenoxy) is 1. The summed E-state index contributed by atoms with van der Waals surface area (Å²) in [6, 6.07) is 15.7. The van der Waals surface area contributed by atoms with Gasteiger partial charge in [0.1, 0.15) is 17.1 Å². The van der Waals surface area contributed by atoms with E-state index < -0.39 is 17.7 Å². The Morgan fingerprint density at radius 1 is 1.00 bits per heavy atom. The third kappa shape index (κ3) is 5.82. The zero-order valence-corrected chi connectivity index (χ0v) is 23.1. The van der Waals surface area contributed by atoms with E-state index in [4.69, 9.17) is 10.5 Å². The number of rotatable bonds is 8. The van der Waals surface area contributed by atoms with Crippen LogP contribution < -0.4 is 26.6 Å². The summed E-state index contributed by atoms with van der Waals surface area (Å²) in [4.78, 5) is 44.5. The van der Waals surface area contributed by atoms with Crippen LogP contribution in [0.3, 0.4) is 0 Å². The summed E-state index contributed by atoms with van der Waals surface area (Å²) in [5.74, 6) is -1.26. The van der Waals surface area contributed by atoms with Crippen LogP contribution in [0.25, 0.3) is 21.6 Å². The number of carbonyl (C=O) groups is 3. The predicted molar refractivity (Wildman–Crippen MR) is 156 cm³/mol. The number of carbonyl (C=O) groups excluding carboxylic acids is 3. The Hall–Kier alpha value is -4.58. The fraction of sp³-hybridized carbons (Fsp3) is 0.200. The van der Waals surface area contributed by atoms with Crippen LogP contribution in [0.2, 0.25) is 0 Å². The molecule has 4 aromatic rings. The summed E-state index contributed by atoms with van der Waals surface area (Å²) in [7, 11) is 0. The second-order valence-corrected chi connectivity index (χ2v) is 10.3. The number of fused-ring (bicyclic) bond motifs is 3. The van der Waals surface area contributed by atoms with E-state index in [0.717, 1.165) is 28.0 Å². The first-order chi connectivity index (χ1) is 19.9. The molecule has 11 heteroatoms. The lowest BCUT2D eigenvalue weighted by Gasteiger charge is -2.17. The summed E-state index contributed by atoms with van der Waals surface area (Å²) < 4.78 is 6.09. The van der Waals surface area contributed by atoms with Crippen molar-refractivity contribution < 1.29 is 24.3 Å². The highest BCUT2D eigenvalue weighted by Crippen LogP contribution is 2.43. The van der Waals surface area contributed by atoms with E-state index in [9.17, 15) is 19.6 Å². The maximum Gasteiger partial charge on any atom is 0.293 e. The Balaban J connectivity index is 1.66. The van der Waals surface area contributed by atoms with Crippen molar-refractivity contribution in [2.75, 3.05) is 18.5 Å². The molecule has 0 radical (unpaired) electrons. The van der Waals surface area contributed by atoms with Crippen molar-refractivity contribution in [2.45, 2.75) is 26.3 Å². The van der Waals surface area contributed by atoms with Gasteiger partial charge in [-0.05, 0) is 65.4 Å².